The van der Waals surface area contributed by atoms with E-state index in [9.17, 15) is 0 Å². The monoisotopic (exact) mass is 268 g/mol. The Labute approximate surface area is 106 Å². The topological polar surface area (TPSA) is 27.7 Å². The predicted octanol–water partition coefficient (Wildman–Crippen LogP) is 3.99. The number of hydrogen-bond acceptors (Lipinski definition) is 3. The summed E-state index contributed by atoms with van der Waals surface area (Å²) in [7, 11) is 0. The van der Waals surface area contributed by atoms with Gasteiger partial charge in [0.2, 0.25) is 0 Å². The molecule has 0 aromatic rings. The summed E-state index contributed by atoms with van der Waals surface area (Å²) < 4.78 is 18.5. The second kappa shape index (κ2) is 10.7. The van der Waals surface area contributed by atoms with Crippen LogP contribution in [0.1, 0.15) is 53.4 Å². The van der Waals surface area contributed by atoms with Crippen LogP contribution >= 0.6 is 0 Å². The maximum atomic E-state index is 5.83. The fraction of sp³-hybridized carbons (Fsp3) is 1.00. The van der Waals surface area contributed by atoms with E-state index in [-0.39, 0.29) is 0 Å². The Hall–Kier alpha value is 0.594. The quantitative estimate of drug-likeness (QED) is 0.419. The third-order valence-electron chi connectivity index (χ3n) is 2.43. The summed E-state index contributed by atoms with van der Waals surface area (Å²) in [5.41, 5.74) is 0. The van der Waals surface area contributed by atoms with Gasteiger partial charge in [-0.2, -0.15) is 0 Å². The van der Waals surface area contributed by atoms with E-state index in [0.29, 0.717) is 19.8 Å². The molecule has 0 aliphatic rings. The van der Waals surface area contributed by atoms with Gasteiger partial charge < -0.3 is 0 Å². The molecule has 0 heterocycles. The molecule has 0 aromatic heterocycles. The first-order chi connectivity index (χ1) is 7.74. The second-order valence-electron chi connectivity index (χ2n) is 3.79. The van der Waals surface area contributed by atoms with E-state index in [1.807, 2.05) is 20.8 Å². The molecule has 0 atom stereocenters. The first-order valence-electron chi connectivity index (χ1n) is 6.66. The van der Waals surface area contributed by atoms with E-state index in [0.717, 1.165) is 4.73 Å². The second-order valence-corrected chi connectivity index (χ2v) is 8.06. The van der Waals surface area contributed by atoms with Crippen LogP contribution in [0.5, 0.6) is 0 Å². The summed E-state index contributed by atoms with van der Waals surface area (Å²) >= 11 is -2.89. The van der Waals surface area contributed by atoms with E-state index in [1.165, 1.54) is 25.7 Å². The molecule has 0 radical (unpaired) electrons. The van der Waals surface area contributed by atoms with Gasteiger partial charge in [-0.25, -0.2) is 0 Å². The van der Waals surface area contributed by atoms with Gasteiger partial charge in [0.1, 0.15) is 0 Å². The van der Waals surface area contributed by atoms with Gasteiger partial charge >= 0.3 is 106 Å². The van der Waals surface area contributed by atoms with Crippen molar-refractivity contribution >= 4 is 0 Å². The average Bonchev–Trinajstić information content (AvgIpc) is 2.26. The zero-order valence-corrected chi connectivity index (χ0v) is 12.9. The van der Waals surface area contributed by atoms with Crippen LogP contribution < -0.4 is 0 Å². The molecule has 0 rings (SSSR count). The predicted molar refractivity (Wildman–Crippen MR) is 63.8 cm³/mol. The van der Waals surface area contributed by atoms with Crippen LogP contribution in [-0.2, 0) is 27.7 Å². The van der Waals surface area contributed by atoms with Crippen molar-refractivity contribution < 1.29 is 27.7 Å². The van der Waals surface area contributed by atoms with Crippen LogP contribution in [0.2, 0.25) is 4.73 Å². The molecule has 0 bridgehead atoms. The first kappa shape index (κ1) is 16.6. The fourth-order valence-electron chi connectivity index (χ4n) is 1.77. The van der Waals surface area contributed by atoms with Gasteiger partial charge in [-0.3, -0.25) is 0 Å². The van der Waals surface area contributed by atoms with Crippen molar-refractivity contribution in [1.29, 1.82) is 0 Å². The molecule has 0 aliphatic heterocycles. The number of unbranched alkanes of at least 4 members (excludes halogenated alkanes) is 3. The van der Waals surface area contributed by atoms with Crippen molar-refractivity contribution in [3.8, 4) is 0 Å². The Morgan fingerprint density at radius 3 is 1.56 bits per heavy atom. The van der Waals surface area contributed by atoms with Gasteiger partial charge in [-0.05, 0) is 0 Å². The van der Waals surface area contributed by atoms with Crippen LogP contribution in [0, 0.1) is 0 Å². The minimum absolute atomic E-state index is 0.702. The molecule has 0 amide bonds. The summed E-state index contributed by atoms with van der Waals surface area (Å²) in [6.07, 6.45) is 4.99. The molecule has 16 heavy (non-hydrogen) atoms. The Morgan fingerprint density at radius 2 is 1.19 bits per heavy atom. The minimum atomic E-state index is -2.89. The number of rotatable bonds is 11. The van der Waals surface area contributed by atoms with Gasteiger partial charge in [0.25, 0.3) is 0 Å². The van der Waals surface area contributed by atoms with Gasteiger partial charge in [0.15, 0.2) is 0 Å². The first-order valence-corrected chi connectivity index (χ1v) is 9.68. The molecule has 0 saturated carbocycles. The average molecular weight is 268 g/mol. The van der Waals surface area contributed by atoms with E-state index < -0.39 is 17.8 Å². The normalized spacial score (nSPS) is 12.0. The van der Waals surface area contributed by atoms with Gasteiger partial charge in [0, 0.05) is 0 Å². The molecule has 0 spiro atoms. The zero-order chi connectivity index (χ0) is 12.3. The SMILES string of the molecule is CCCCC[CH2][Ti]([O]CC)([O]CC)[O]CC. The summed E-state index contributed by atoms with van der Waals surface area (Å²) in [5.74, 6) is 0. The Bertz CT molecular complexity index is 136. The van der Waals surface area contributed by atoms with Crippen molar-refractivity contribution in [3.05, 3.63) is 0 Å². The van der Waals surface area contributed by atoms with Crippen LogP contribution in [0.25, 0.3) is 0 Å². The molecule has 0 saturated heterocycles. The summed E-state index contributed by atoms with van der Waals surface area (Å²) in [4.78, 5) is 0. The Kier molecular flexibility index (Phi) is 11.1. The van der Waals surface area contributed by atoms with Crippen molar-refractivity contribution in [1.82, 2.24) is 0 Å². The zero-order valence-electron chi connectivity index (χ0n) is 11.4. The molecule has 0 unspecified atom stereocenters. The molecule has 4 heteroatoms. The van der Waals surface area contributed by atoms with Crippen LogP contribution in [0.4, 0.5) is 0 Å². The van der Waals surface area contributed by atoms with Crippen LogP contribution in [0.3, 0.4) is 0 Å². The summed E-state index contributed by atoms with van der Waals surface area (Å²) in [6.45, 7) is 10.4. The van der Waals surface area contributed by atoms with Crippen molar-refractivity contribution in [2.75, 3.05) is 19.8 Å². The molecular formula is C12H28O3Ti. The fourth-order valence-corrected chi connectivity index (χ4v) is 5.96. The van der Waals surface area contributed by atoms with Crippen molar-refractivity contribution in [3.63, 3.8) is 0 Å². The van der Waals surface area contributed by atoms with E-state index in [4.69, 9.17) is 9.96 Å². The van der Waals surface area contributed by atoms with Crippen molar-refractivity contribution in [2.24, 2.45) is 0 Å². The molecule has 0 N–H and O–H groups in total. The third kappa shape index (κ3) is 7.02. The van der Waals surface area contributed by atoms with E-state index >= 15 is 0 Å². The van der Waals surface area contributed by atoms with Gasteiger partial charge in [-0.1, -0.05) is 0 Å². The molecule has 0 aliphatic carbocycles. The van der Waals surface area contributed by atoms with Crippen LogP contribution in [-0.4, -0.2) is 19.8 Å². The van der Waals surface area contributed by atoms with E-state index in [2.05, 4.69) is 6.92 Å². The number of hydrogen-bond donors (Lipinski definition) is 0. The molecule has 0 fully saturated rings. The maximum absolute atomic E-state index is 5.83. The van der Waals surface area contributed by atoms with Crippen LogP contribution in [0.15, 0.2) is 0 Å². The molecular weight excluding hydrogens is 240 g/mol. The molecule has 3 nitrogen and oxygen atoms in total. The standard InChI is InChI=1S/C6H13.3C2H5O.Ti/c1-3-5-6-4-2;3*1-2-3;/h1,3-6H2,2H3;3*2H2,1H3;/q;3*-1;+3. The molecule has 0 aromatic carbocycles. The Morgan fingerprint density at radius 1 is 0.688 bits per heavy atom. The van der Waals surface area contributed by atoms with Gasteiger partial charge in [-0.15, -0.1) is 0 Å². The van der Waals surface area contributed by atoms with Gasteiger partial charge in [0.05, 0.1) is 0 Å². The summed E-state index contributed by atoms with van der Waals surface area (Å²) in [5, 5.41) is 0. The molecule has 98 valence electrons. The van der Waals surface area contributed by atoms with Crippen molar-refractivity contribution in [2.45, 2.75) is 58.1 Å². The third-order valence-corrected chi connectivity index (χ3v) is 7.35. The Balaban J connectivity index is 4.12. The van der Waals surface area contributed by atoms with E-state index in [1.54, 1.807) is 0 Å². The summed E-state index contributed by atoms with van der Waals surface area (Å²) in [6, 6.07) is 0.